The summed E-state index contributed by atoms with van der Waals surface area (Å²) in [5, 5.41) is 23.7. The molecule has 1 aromatic rings. The highest BCUT2D eigenvalue weighted by Crippen LogP contribution is 2.29. The minimum absolute atomic E-state index is 0.0469. The number of methoxy groups -OCH3 is 1. The molecule has 1 aromatic carbocycles. The molecule has 1 rings (SSSR count). The van der Waals surface area contributed by atoms with Crippen molar-refractivity contribution in [3.8, 4) is 0 Å². The summed E-state index contributed by atoms with van der Waals surface area (Å²) in [6.45, 7) is 1.99. The summed E-state index contributed by atoms with van der Waals surface area (Å²) in [5.41, 5.74) is -1.28. The van der Waals surface area contributed by atoms with Crippen molar-refractivity contribution in [2.45, 2.75) is 18.9 Å². The molecule has 0 aliphatic carbocycles. The van der Waals surface area contributed by atoms with Crippen LogP contribution in [0.1, 0.15) is 13.3 Å². The minimum atomic E-state index is -1.11. The molecule has 20 heavy (non-hydrogen) atoms. The van der Waals surface area contributed by atoms with Crippen LogP contribution in [0, 0.1) is 19.5 Å². The number of nitro groups is 1. The highest BCUT2D eigenvalue weighted by molar-refractivity contribution is 14.1. The number of hydrogen-bond acceptors (Lipinski definition) is 5. The van der Waals surface area contributed by atoms with Gasteiger partial charge in [0, 0.05) is 38.8 Å². The molecule has 6 nitrogen and oxygen atoms in total. The van der Waals surface area contributed by atoms with Crippen LogP contribution in [0.3, 0.4) is 0 Å². The van der Waals surface area contributed by atoms with Gasteiger partial charge in [-0.25, -0.2) is 4.39 Å². The lowest BCUT2D eigenvalue weighted by Gasteiger charge is -2.23. The average molecular weight is 398 g/mol. The lowest BCUT2D eigenvalue weighted by atomic mass is 10.0. The molecule has 1 unspecified atom stereocenters. The van der Waals surface area contributed by atoms with Crippen molar-refractivity contribution in [3.05, 3.63) is 31.6 Å². The Kier molecular flexibility index (Phi) is 6.08. The van der Waals surface area contributed by atoms with Crippen molar-refractivity contribution in [3.63, 3.8) is 0 Å². The van der Waals surface area contributed by atoms with Crippen molar-refractivity contribution >= 4 is 34.0 Å². The Balaban J connectivity index is 2.86. The SMILES string of the molecule is COCCC(C)(O)CNc1cc(F)c(I)cc1[N+](=O)[O-]. The maximum Gasteiger partial charge on any atom is 0.293 e. The zero-order chi connectivity index (χ0) is 15.3. The first-order chi connectivity index (χ1) is 9.26. The van der Waals surface area contributed by atoms with E-state index in [4.69, 9.17) is 4.74 Å². The van der Waals surface area contributed by atoms with Gasteiger partial charge in [-0.15, -0.1) is 0 Å². The molecule has 2 N–H and O–H groups in total. The largest absolute Gasteiger partial charge is 0.388 e. The molecule has 0 aliphatic heterocycles. The molecule has 0 heterocycles. The van der Waals surface area contributed by atoms with E-state index in [0.29, 0.717) is 13.0 Å². The number of halogens is 2. The van der Waals surface area contributed by atoms with Crippen LogP contribution in [-0.2, 0) is 4.74 Å². The van der Waals surface area contributed by atoms with Crippen LogP contribution in [0.4, 0.5) is 15.8 Å². The molecule has 0 saturated carbocycles. The zero-order valence-electron chi connectivity index (χ0n) is 11.2. The van der Waals surface area contributed by atoms with E-state index >= 15 is 0 Å². The first kappa shape index (κ1) is 17.1. The quantitative estimate of drug-likeness (QED) is 0.419. The third-order valence-electron chi connectivity index (χ3n) is 2.74. The predicted octanol–water partition coefficient (Wildman–Crippen LogP) is 2.54. The number of nitro benzene ring substituents is 1. The van der Waals surface area contributed by atoms with Gasteiger partial charge in [0.05, 0.1) is 14.1 Å². The number of ether oxygens (including phenoxy) is 1. The van der Waals surface area contributed by atoms with E-state index in [2.05, 4.69) is 5.32 Å². The molecule has 0 fully saturated rings. The number of anilines is 1. The molecule has 0 aliphatic rings. The Labute approximate surface area is 129 Å². The smallest absolute Gasteiger partial charge is 0.293 e. The van der Waals surface area contributed by atoms with Crippen molar-refractivity contribution in [2.75, 3.05) is 25.6 Å². The monoisotopic (exact) mass is 398 g/mol. The summed E-state index contributed by atoms with van der Waals surface area (Å²) in [7, 11) is 1.52. The second-order valence-electron chi connectivity index (χ2n) is 4.63. The third-order valence-corrected chi connectivity index (χ3v) is 3.57. The number of rotatable bonds is 7. The second-order valence-corrected chi connectivity index (χ2v) is 5.80. The lowest BCUT2D eigenvalue weighted by Crippen LogP contribution is -2.34. The van der Waals surface area contributed by atoms with Crippen LogP contribution in [0.5, 0.6) is 0 Å². The maximum absolute atomic E-state index is 13.5. The van der Waals surface area contributed by atoms with E-state index < -0.39 is 16.3 Å². The molecule has 0 aromatic heterocycles. The summed E-state index contributed by atoms with van der Waals surface area (Å²) < 4.78 is 18.5. The van der Waals surface area contributed by atoms with Gasteiger partial charge in [-0.2, -0.15) is 0 Å². The Hall–Kier alpha value is -1.00. The molecule has 0 spiro atoms. The van der Waals surface area contributed by atoms with E-state index in [0.717, 1.165) is 12.1 Å². The molecule has 0 amide bonds. The van der Waals surface area contributed by atoms with Gasteiger partial charge < -0.3 is 15.2 Å². The number of hydrogen-bond donors (Lipinski definition) is 2. The van der Waals surface area contributed by atoms with E-state index in [1.165, 1.54) is 7.11 Å². The van der Waals surface area contributed by atoms with E-state index in [1.807, 2.05) is 0 Å². The first-order valence-electron chi connectivity index (χ1n) is 5.85. The molecule has 0 bridgehead atoms. The topological polar surface area (TPSA) is 84.6 Å². The molecular formula is C12H16FIN2O4. The van der Waals surface area contributed by atoms with Gasteiger partial charge in [0.15, 0.2) is 0 Å². The van der Waals surface area contributed by atoms with Crippen LogP contribution in [0.2, 0.25) is 0 Å². The molecule has 0 saturated heterocycles. The fraction of sp³-hybridized carbons (Fsp3) is 0.500. The molecule has 112 valence electrons. The summed E-state index contributed by atoms with van der Waals surface area (Å²) in [5.74, 6) is -0.546. The number of aliphatic hydroxyl groups is 1. The average Bonchev–Trinajstić information content (AvgIpc) is 2.37. The van der Waals surface area contributed by atoms with Crippen LogP contribution in [0.15, 0.2) is 12.1 Å². The Bertz CT molecular complexity index is 497. The molecule has 8 heteroatoms. The molecular weight excluding hydrogens is 382 g/mol. The van der Waals surface area contributed by atoms with Crippen LogP contribution < -0.4 is 5.32 Å². The highest BCUT2D eigenvalue weighted by atomic mass is 127. The second kappa shape index (κ2) is 7.14. The van der Waals surface area contributed by atoms with E-state index in [9.17, 15) is 19.6 Å². The fourth-order valence-corrected chi connectivity index (χ4v) is 1.98. The summed E-state index contributed by atoms with van der Waals surface area (Å²) in [6.07, 6.45) is 0.358. The normalized spacial score (nSPS) is 13.8. The van der Waals surface area contributed by atoms with Crippen LogP contribution in [-0.4, -0.2) is 35.9 Å². The van der Waals surface area contributed by atoms with Crippen molar-refractivity contribution in [2.24, 2.45) is 0 Å². The van der Waals surface area contributed by atoms with Gasteiger partial charge in [0.2, 0.25) is 0 Å². The summed E-state index contributed by atoms with van der Waals surface area (Å²) in [4.78, 5) is 10.3. The van der Waals surface area contributed by atoms with Crippen molar-refractivity contribution in [1.82, 2.24) is 0 Å². The van der Waals surface area contributed by atoms with Crippen molar-refractivity contribution < 1.29 is 19.2 Å². The van der Waals surface area contributed by atoms with Crippen molar-refractivity contribution in [1.29, 1.82) is 0 Å². The lowest BCUT2D eigenvalue weighted by molar-refractivity contribution is -0.384. The Morgan fingerprint density at radius 2 is 2.25 bits per heavy atom. The predicted molar refractivity (Wildman–Crippen MR) is 81.4 cm³/mol. The molecule has 1 atom stereocenters. The van der Waals surface area contributed by atoms with Gasteiger partial charge in [-0.3, -0.25) is 10.1 Å². The number of nitrogens with one attached hydrogen (secondary N) is 1. The minimum Gasteiger partial charge on any atom is -0.388 e. The number of benzene rings is 1. The first-order valence-corrected chi connectivity index (χ1v) is 6.93. The van der Waals surface area contributed by atoms with E-state index in [-0.39, 0.29) is 21.5 Å². The fourth-order valence-electron chi connectivity index (χ4n) is 1.52. The van der Waals surface area contributed by atoms with Gasteiger partial charge in [-0.1, -0.05) is 0 Å². The van der Waals surface area contributed by atoms with Gasteiger partial charge >= 0.3 is 0 Å². The summed E-state index contributed by atoms with van der Waals surface area (Å²) >= 11 is 1.69. The van der Waals surface area contributed by atoms with Gasteiger partial charge in [-0.05, 0) is 29.5 Å². The standard InChI is InChI=1S/C12H16FIN2O4/c1-12(17,3-4-20-2)7-15-10-5-8(13)9(14)6-11(10)16(18)19/h5-6,15,17H,3-4,7H2,1-2H3. The van der Waals surface area contributed by atoms with Crippen LogP contribution in [0.25, 0.3) is 0 Å². The third kappa shape index (κ3) is 4.84. The highest BCUT2D eigenvalue weighted by Gasteiger charge is 2.23. The van der Waals surface area contributed by atoms with Gasteiger partial charge in [0.25, 0.3) is 5.69 Å². The maximum atomic E-state index is 13.5. The Morgan fingerprint density at radius 1 is 1.60 bits per heavy atom. The Morgan fingerprint density at radius 3 is 2.80 bits per heavy atom. The van der Waals surface area contributed by atoms with Gasteiger partial charge in [0.1, 0.15) is 11.5 Å². The summed E-state index contributed by atoms with van der Waals surface area (Å²) in [6, 6.07) is 2.22. The molecule has 0 radical (unpaired) electrons. The number of nitrogens with zero attached hydrogens (tertiary/aromatic N) is 1. The zero-order valence-corrected chi connectivity index (χ0v) is 13.3. The van der Waals surface area contributed by atoms with Crippen LogP contribution >= 0.6 is 22.6 Å². The van der Waals surface area contributed by atoms with E-state index in [1.54, 1.807) is 29.5 Å².